The first-order valence-electron chi connectivity index (χ1n) is 7.84. The molecule has 1 rings (SSSR count). The summed E-state index contributed by atoms with van der Waals surface area (Å²) in [6, 6.07) is 1.64. The molecule has 0 spiro atoms. The van der Waals surface area contributed by atoms with Crippen LogP contribution in [0.4, 0.5) is 0 Å². The van der Waals surface area contributed by atoms with E-state index in [2.05, 4.69) is 27.0 Å². The van der Waals surface area contributed by atoms with Crippen LogP contribution in [0.25, 0.3) is 0 Å². The summed E-state index contributed by atoms with van der Waals surface area (Å²) in [5.41, 5.74) is 1.08. The van der Waals surface area contributed by atoms with E-state index < -0.39 is 5.97 Å². The predicted octanol–water partition coefficient (Wildman–Crippen LogP) is 4.96. The highest BCUT2D eigenvalue weighted by molar-refractivity contribution is 9.10. The smallest absolute Gasteiger partial charge is 0.360 e. The SMILES string of the molecule is C/C=C\C(=C/CC)COc1c(OC)cc(Br)nc1C(=O)OC.CC. The van der Waals surface area contributed by atoms with E-state index in [1.54, 1.807) is 6.07 Å². The minimum atomic E-state index is -0.582. The highest BCUT2D eigenvalue weighted by atomic mass is 79.9. The molecule has 0 unspecified atom stereocenters. The van der Waals surface area contributed by atoms with E-state index in [9.17, 15) is 4.79 Å². The van der Waals surface area contributed by atoms with Gasteiger partial charge in [-0.25, -0.2) is 9.78 Å². The Balaban J connectivity index is 0.00000254. The van der Waals surface area contributed by atoms with Crippen LogP contribution in [0.1, 0.15) is 44.6 Å². The van der Waals surface area contributed by atoms with Crippen molar-refractivity contribution in [2.45, 2.75) is 34.1 Å². The molecule has 1 aromatic rings. The van der Waals surface area contributed by atoms with Gasteiger partial charge in [0.15, 0.2) is 17.2 Å². The average Bonchev–Trinajstić information content (AvgIpc) is 2.61. The van der Waals surface area contributed by atoms with Gasteiger partial charge in [-0.05, 0) is 34.8 Å². The molecule has 0 amide bonds. The minimum absolute atomic E-state index is 0.0741. The van der Waals surface area contributed by atoms with E-state index in [1.807, 2.05) is 39.8 Å². The number of hydrogen-bond donors (Lipinski definition) is 0. The van der Waals surface area contributed by atoms with Gasteiger partial charge in [-0.2, -0.15) is 0 Å². The predicted molar refractivity (Wildman–Crippen MR) is 99.9 cm³/mol. The molecule has 0 aromatic carbocycles. The van der Waals surface area contributed by atoms with E-state index in [1.165, 1.54) is 14.2 Å². The lowest BCUT2D eigenvalue weighted by Crippen LogP contribution is -2.11. The van der Waals surface area contributed by atoms with Crippen molar-refractivity contribution in [3.8, 4) is 11.5 Å². The zero-order valence-corrected chi connectivity index (χ0v) is 16.8. The molecule has 134 valence electrons. The topological polar surface area (TPSA) is 57.7 Å². The lowest BCUT2D eigenvalue weighted by Gasteiger charge is -2.14. The van der Waals surface area contributed by atoms with Gasteiger partial charge in [-0.3, -0.25) is 0 Å². The molecule has 6 heteroatoms. The summed E-state index contributed by atoms with van der Waals surface area (Å²) in [4.78, 5) is 16.0. The Morgan fingerprint density at radius 3 is 2.50 bits per heavy atom. The Morgan fingerprint density at radius 1 is 1.33 bits per heavy atom. The Labute approximate surface area is 152 Å². The van der Waals surface area contributed by atoms with Crippen LogP contribution in [0.2, 0.25) is 0 Å². The van der Waals surface area contributed by atoms with Gasteiger partial charge in [0.2, 0.25) is 0 Å². The number of allylic oxidation sites excluding steroid dienone is 2. The highest BCUT2D eigenvalue weighted by Crippen LogP contribution is 2.33. The van der Waals surface area contributed by atoms with E-state index in [0.29, 0.717) is 17.0 Å². The number of nitrogens with zero attached hydrogens (tertiary/aromatic N) is 1. The second-order valence-electron chi connectivity index (χ2n) is 4.29. The Hall–Kier alpha value is -1.82. The van der Waals surface area contributed by atoms with Crippen molar-refractivity contribution in [2.75, 3.05) is 20.8 Å². The van der Waals surface area contributed by atoms with Gasteiger partial charge in [-0.15, -0.1) is 0 Å². The number of esters is 1. The third-order valence-electron chi connectivity index (χ3n) is 2.74. The molecule has 0 saturated carbocycles. The van der Waals surface area contributed by atoms with Crippen molar-refractivity contribution >= 4 is 21.9 Å². The van der Waals surface area contributed by atoms with E-state index >= 15 is 0 Å². The monoisotopic (exact) mass is 399 g/mol. The number of pyridine rings is 1. The first-order valence-corrected chi connectivity index (χ1v) is 8.64. The fourth-order valence-corrected chi connectivity index (χ4v) is 2.20. The standard InChI is InChI=1S/C16H20BrNO4.C2H6/c1-5-7-11(8-6-2)10-22-15-12(20-3)9-13(17)18-14(15)16(19)21-4;1-2/h5,7-9H,6,10H2,1-4H3;1-2H3/b7-5-,11-8+;. The fourth-order valence-electron chi connectivity index (χ4n) is 1.81. The molecule has 0 aliphatic carbocycles. The number of methoxy groups -OCH3 is 2. The molecule has 24 heavy (non-hydrogen) atoms. The number of aromatic nitrogens is 1. The maximum atomic E-state index is 11.9. The quantitative estimate of drug-likeness (QED) is 0.368. The summed E-state index contributed by atoms with van der Waals surface area (Å²) in [6.07, 6.45) is 6.84. The fraction of sp³-hybridized carbons (Fsp3) is 0.444. The zero-order chi connectivity index (χ0) is 18.5. The molecule has 0 fully saturated rings. The Kier molecular flexibility index (Phi) is 11.6. The molecular formula is C18H26BrNO4. The number of carbonyl (C=O) groups excluding carboxylic acids is 1. The van der Waals surface area contributed by atoms with Crippen molar-refractivity contribution < 1.29 is 19.0 Å². The van der Waals surface area contributed by atoms with Crippen LogP contribution in [0.5, 0.6) is 11.5 Å². The third kappa shape index (κ3) is 6.74. The number of hydrogen-bond acceptors (Lipinski definition) is 5. The van der Waals surface area contributed by atoms with Gasteiger partial charge in [0.25, 0.3) is 0 Å². The molecule has 1 aromatic heterocycles. The van der Waals surface area contributed by atoms with Crippen LogP contribution >= 0.6 is 15.9 Å². The summed E-state index contributed by atoms with van der Waals surface area (Å²) in [7, 11) is 2.80. The van der Waals surface area contributed by atoms with Gasteiger partial charge in [0.05, 0.1) is 14.2 Å². The second-order valence-corrected chi connectivity index (χ2v) is 5.10. The summed E-state index contributed by atoms with van der Waals surface area (Å²) >= 11 is 3.24. The van der Waals surface area contributed by atoms with Crippen molar-refractivity contribution in [1.82, 2.24) is 4.98 Å². The van der Waals surface area contributed by atoms with Crippen molar-refractivity contribution in [1.29, 1.82) is 0 Å². The van der Waals surface area contributed by atoms with E-state index in [-0.39, 0.29) is 11.4 Å². The molecule has 5 nitrogen and oxygen atoms in total. The van der Waals surface area contributed by atoms with Crippen LogP contribution in [0.3, 0.4) is 0 Å². The number of halogens is 1. The highest BCUT2D eigenvalue weighted by Gasteiger charge is 2.21. The molecule has 0 radical (unpaired) electrons. The third-order valence-corrected chi connectivity index (χ3v) is 3.14. The van der Waals surface area contributed by atoms with Crippen LogP contribution in [0, 0.1) is 0 Å². The summed E-state index contributed by atoms with van der Waals surface area (Å²) in [5.74, 6) is 0.101. The van der Waals surface area contributed by atoms with Crippen molar-refractivity contribution in [3.63, 3.8) is 0 Å². The first-order chi connectivity index (χ1) is 11.6. The first kappa shape index (κ1) is 22.2. The molecule has 0 N–H and O–H groups in total. The normalized spacial score (nSPS) is 10.9. The largest absolute Gasteiger partial charge is 0.493 e. The summed E-state index contributed by atoms with van der Waals surface area (Å²) < 4.78 is 16.3. The molecule has 1 heterocycles. The Bertz CT molecular complexity index is 583. The van der Waals surface area contributed by atoms with Gasteiger partial charge in [-0.1, -0.05) is 39.0 Å². The molecule has 0 atom stereocenters. The van der Waals surface area contributed by atoms with Crippen molar-refractivity contribution in [2.24, 2.45) is 0 Å². The number of ether oxygens (including phenoxy) is 3. The molecule has 0 aliphatic rings. The van der Waals surface area contributed by atoms with Crippen LogP contribution in [-0.2, 0) is 4.74 Å². The molecule has 0 saturated heterocycles. The Morgan fingerprint density at radius 2 is 2.00 bits per heavy atom. The summed E-state index contributed by atoms with van der Waals surface area (Å²) in [6.45, 7) is 8.29. The maximum absolute atomic E-state index is 11.9. The second kappa shape index (κ2) is 12.6. The molecular weight excluding hydrogens is 374 g/mol. The van der Waals surface area contributed by atoms with Gasteiger partial charge < -0.3 is 14.2 Å². The van der Waals surface area contributed by atoms with Crippen molar-refractivity contribution in [3.05, 3.63) is 40.2 Å². The van der Waals surface area contributed by atoms with Crippen LogP contribution in [0.15, 0.2) is 34.5 Å². The van der Waals surface area contributed by atoms with Gasteiger partial charge >= 0.3 is 5.97 Å². The van der Waals surface area contributed by atoms with Crippen LogP contribution < -0.4 is 9.47 Å². The van der Waals surface area contributed by atoms with Gasteiger partial charge in [0, 0.05) is 6.07 Å². The lowest BCUT2D eigenvalue weighted by atomic mass is 10.2. The lowest BCUT2D eigenvalue weighted by molar-refractivity contribution is 0.0588. The van der Waals surface area contributed by atoms with E-state index in [4.69, 9.17) is 14.2 Å². The maximum Gasteiger partial charge on any atom is 0.360 e. The summed E-state index contributed by atoms with van der Waals surface area (Å²) in [5, 5.41) is 0. The molecule has 0 bridgehead atoms. The van der Waals surface area contributed by atoms with Gasteiger partial charge in [0.1, 0.15) is 11.2 Å². The van der Waals surface area contributed by atoms with Crippen LogP contribution in [-0.4, -0.2) is 31.8 Å². The minimum Gasteiger partial charge on any atom is -0.493 e. The average molecular weight is 400 g/mol. The number of rotatable bonds is 7. The number of carbonyl (C=O) groups is 1. The zero-order valence-electron chi connectivity index (χ0n) is 15.2. The molecule has 0 aliphatic heterocycles. The van der Waals surface area contributed by atoms with E-state index in [0.717, 1.165) is 12.0 Å².